The molecule has 0 unspecified atom stereocenters. The molecule has 4 N–H and O–H groups in total. The summed E-state index contributed by atoms with van der Waals surface area (Å²) >= 11 is 26.3. The van der Waals surface area contributed by atoms with Gasteiger partial charge in [-0.25, -0.2) is 4.79 Å². The lowest BCUT2D eigenvalue weighted by Crippen LogP contribution is -2.56. The topological polar surface area (TPSA) is 90.5 Å². The molecule has 0 radical (unpaired) electrons. The summed E-state index contributed by atoms with van der Waals surface area (Å²) in [5.74, 6) is -1.57. The fourth-order valence-corrected chi connectivity index (χ4v) is 3.03. The van der Waals surface area contributed by atoms with E-state index in [1.807, 2.05) is 0 Å². The molecule has 11 heteroatoms. The summed E-state index contributed by atoms with van der Waals surface area (Å²) in [6.45, 7) is 0. The molecule has 6 nitrogen and oxygen atoms in total. The van der Waals surface area contributed by atoms with Crippen LogP contribution in [0.25, 0.3) is 0 Å². The second-order valence-corrected chi connectivity index (χ2v) is 9.14. The Hall–Kier alpha value is -1.58. The first kappa shape index (κ1) is 22.7. The molecule has 0 spiro atoms. The van der Waals surface area contributed by atoms with Gasteiger partial charge in [0.15, 0.2) is 5.11 Å². The molecular formula is C17H13BrCl3N3O3S. The molecule has 0 aliphatic heterocycles. The average molecular weight is 526 g/mol. The molecule has 28 heavy (non-hydrogen) atoms. The first-order valence-electron chi connectivity index (χ1n) is 7.60. The lowest BCUT2D eigenvalue weighted by molar-refractivity contribution is 0.0696. The number of hydrogen-bond acceptors (Lipinski definition) is 3. The quantitative estimate of drug-likeness (QED) is 0.260. The maximum Gasteiger partial charge on any atom is 0.335 e. The number of halogens is 4. The van der Waals surface area contributed by atoms with Gasteiger partial charge in [0.25, 0.3) is 5.91 Å². The van der Waals surface area contributed by atoms with Gasteiger partial charge in [0.1, 0.15) is 6.17 Å². The molecule has 2 aromatic rings. The van der Waals surface area contributed by atoms with E-state index in [1.165, 1.54) is 12.1 Å². The summed E-state index contributed by atoms with van der Waals surface area (Å²) in [6, 6.07) is 12.7. The molecule has 1 amide bonds. The smallest absolute Gasteiger partial charge is 0.335 e. The van der Waals surface area contributed by atoms with E-state index in [0.717, 1.165) is 0 Å². The number of carbonyl (C=O) groups is 2. The number of anilines is 1. The normalized spacial score (nSPS) is 12.0. The number of carbonyl (C=O) groups excluding carboxylic acids is 1. The van der Waals surface area contributed by atoms with Crippen molar-refractivity contribution in [1.29, 1.82) is 0 Å². The monoisotopic (exact) mass is 523 g/mol. The number of rotatable bonds is 5. The molecule has 1 atom stereocenters. The number of benzene rings is 2. The Bertz CT molecular complexity index is 908. The van der Waals surface area contributed by atoms with Gasteiger partial charge in [-0.1, -0.05) is 62.9 Å². The second-order valence-electron chi connectivity index (χ2n) is 5.44. The summed E-state index contributed by atoms with van der Waals surface area (Å²) in [4.78, 5) is 23.5. The third-order valence-electron chi connectivity index (χ3n) is 3.33. The Labute approximate surface area is 189 Å². The number of carboxylic acid groups (broad SMARTS) is 1. The first-order chi connectivity index (χ1) is 13.1. The summed E-state index contributed by atoms with van der Waals surface area (Å²) < 4.78 is -1.20. The number of amides is 1. The van der Waals surface area contributed by atoms with Crippen LogP contribution in [0.5, 0.6) is 0 Å². The summed E-state index contributed by atoms with van der Waals surface area (Å²) in [5.41, 5.74) is 0.843. The van der Waals surface area contributed by atoms with Crippen molar-refractivity contribution >= 4 is 85.6 Å². The van der Waals surface area contributed by atoms with Crippen molar-refractivity contribution in [3.05, 3.63) is 64.1 Å². The van der Waals surface area contributed by atoms with Gasteiger partial charge in [-0.2, -0.15) is 0 Å². The van der Waals surface area contributed by atoms with Crippen LogP contribution in [0.3, 0.4) is 0 Å². The number of nitrogens with one attached hydrogen (secondary N) is 3. The Morgan fingerprint density at radius 3 is 2.29 bits per heavy atom. The van der Waals surface area contributed by atoms with E-state index >= 15 is 0 Å². The summed E-state index contributed by atoms with van der Waals surface area (Å²) in [5, 5.41) is 17.1. The zero-order chi connectivity index (χ0) is 20.9. The van der Waals surface area contributed by atoms with E-state index in [1.54, 1.807) is 36.4 Å². The van der Waals surface area contributed by atoms with Crippen LogP contribution in [0.15, 0.2) is 53.0 Å². The third kappa shape index (κ3) is 6.79. The van der Waals surface area contributed by atoms with Crippen LogP contribution in [0.1, 0.15) is 20.7 Å². The van der Waals surface area contributed by atoms with Gasteiger partial charge in [0, 0.05) is 15.7 Å². The zero-order valence-electron chi connectivity index (χ0n) is 13.9. The summed E-state index contributed by atoms with van der Waals surface area (Å²) in [6.07, 6.45) is -1.16. The molecule has 0 saturated carbocycles. The Morgan fingerprint density at radius 2 is 1.68 bits per heavy atom. The van der Waals surface area contributed by atoms with Crippen molar-refractivity contribution in [3.8, 4) is 0 Å². The van der Waals surface area contributed by atoms with Crippen LogP contribution in [0.4, 0.5) is 5.69 Å². The molecule has 0 aliphatic rings. The van der Waals surface area contributed by atoms with E-state index in [2.05, 4.69) is 31.9 Å². The highest BCUT2D eigenvalue weighted by atomic mass is 79.9. The fraction of sp³-hybridized carbons (Fsp3) is 0.118. The van der Waals surface area contributed by atoms with Gasteiger partial charge in [-0.3, -0.25) is 4.79 Å². The van der Waals surface area contributed by atoms with Gasteiger partial charge in [-0.15, -0.1) is 0 Å². The van der Waals surface area contributed by atoms with Crippen LogP contribution in [0.2, 0.25) is 0 Å². The largest absolute Gasteiger partial charge is 0.478 e. The number of carboxylic acids is 1. The SMILES string of the molecule is O=C(O)c1cccc(NC(=S)N[C@H](NC(=O)c2cccc(Br)c2)C(Cl)(Cl)Cl)c1. The minimum Gasteiger partial charge on any atom is -0.478 e. The molecular weight excluding hydrogens is 513 g/mol. The van der Waals surface area contributed by atoms with Gasteiger partial charge in [0.2, 0.25) is 3.79 Å². The second kappa shape index (κ2) is 9.76. The van der Waals surface area contributed by atoms with Crippen molar-refractivity contribution in [2.45, 2.75) is 9.96 Å². The highest BCUT2D eigenvalue weighted by molar-refractivity contribution is 9.10. The van der Waals surface area contributed by atoms with Crippen LogP contribution in [-0.4, -0.2) is 32.1 Å². The highest BCUT2D eigenvalue weighted by Crippen LogP contribution is 2.29. The van der Waals surface area contributed by atoms with Crippen molar-refractivity contribution in [2.24, 2.45) is 0 Å². The van der Waals surface area contributed by atoms with E-state index < -0.39 is 21.8 Å². The van der Waals surface area contributed by atoms with Crippen molar-refractivity contribution in [1.82, 2.24) is 10.6 Å². The van der Waals surface area contributed by atoms with Gasteiger partial charge >= 0.3 is 5.97 Å². The highest BCUT2D eigenvalue weighted by Gasteiger charge is 2.35. The number of alkyl halides is 3. The Morgan fingerprint density at radius 1 is 1.04 bits per heavy atom. The molecule has 0 aliphatic carbocycles. The molecule has 0 fully saturated rings. The van der Waals surface area contributed by atoms with Crippen molar-refractivity contribution in [3.63, 3.8) is 0 Å². The lowest BCUT2D eigenvalue weighted by Gasteiger charge is -2.27. The van der Waals surface area contributed by atoms with Crippen LogP contribution in [-0.2, 0) is 0 Å². The maximum absolute atomic E-state index is 12.4. The molecule has 148 valence electrons. The number of thiocarbonyl (C=S) groups is 1. The number of hydrogen-bond donors (Lipinski definition) is 4. The van der Waals surface area contributed by atoms with Gasteiger partial charge < -0.3 is 21.1 Å². The van der Waals surface area contributed by atoms with E-state index in [4.69, 9.17) is 52.1 Å². The van der Waals surface area contributed by atoms with Crippen LogP contribution < -0.4 is 16.0 Å². The molecule has 0 bridgehead atoms. The van der Waals surface area contributed by atoms with E-state index in [9.17, 15) is 9.59 Å². The standard InChI is InChI=1S/C17H13BrCl3N3O3S/c18-11-5-1-3-9(7-11)13(25)23-15(17(19,20)21)24-16(28)22-12-6-2-4-10(8-12)14(26)27/h1-8,15H,(H,23,25)(H,26,27)(H2,22,24,28)/t15-/m0/s1. The summed E-state index contributed by atoms with van der Waals surface area (Å²) in [7, 11) is 0. The minimum absolute atomic E-state index is 0.0217. The minimum atomic E-state index is -1.92. The Balaban J connectivity index is 2.09. The molecule has 0 aromatic heterocycles. The molecule has 2 rings (SSSR count). The maximum atomic E-state index is 12.4. The Kier molecular flexibility index (Phi) is 7.91. The predicted molar refractivity (Wildman–Crippen MR) is 118 cm³/mol. The van der Waals surface area contributed by atoms with Crippen molar-refractivity contribution in [2.75, 3.05) is 5.32 Å². The predicted octanol–water partition coefficient (Wildman–Crippen LogP) is 4.56. The van der Waals surface area contributed by atoms with E-state index in [-0.39, 0.29) is 10.7 Å². The van der Waals surface area contributed by atoms with Crippen LogP contribution in [0, 0.1) is 0 Å². The van der Waals surface area contributed by atoms with Crippen molar-refractivity contribution < 1.29 is 14.7 Å². The zero-order valence-corrected chi connectivity index (χ0v) is 18.6. The molecule has 0 heterocycles. The molecule has 2 aromatic carbocycles. The first-order valence-corrected chi connectivity index (χ1v) is 9.94. The molecule has 0 saturated heterocycles. The number of aromatic carboxylic acids is 1. The van der Waals surface area contributed by atoms with Gasteiger partial charge in [0.05, 0.1) is 5.56 Å². The van der Waals surface area contributed by atoms with Crippen LogP contribution >= 0.6 is 63.0 Å². The fourth-order valence-electron chi connectivity index (χ4n) is 2.07. The third-order valence-corrected chi connectivity index (χ3v) is 4.70. The van der Waals surface area contributed by atoms with Gasteiger partial charge in [-0.05, 0) is 48.6 Å². The lowest BCUT2D eigenvalue weighted by atomic mass is 10.2. The van der Waals surface area contributed by atoms with E-state index in [0.29, 0.717) is 15.7 Å². The average Bonchev–Trinajstić information content (AvgIpc) is 2.60.